The van der Waals surface area contributed by atoms with Crippen molar-refractivity contribution in [3.05, 3.63) is 60.0 Å². The van der Waals surface area contributed by atoms with Gasteiger partial charge in [-0.2, -0.15) is 0 Å². The number of thioether (sulfide) groups is 1. The van der Waals surface area contributed by atoms with Crippen molar-refractivity contribution in [1.82, 2.24) is 9.97 Å². The zero-order chi connectivity index (χ0) is 17.6. The molecule has 3 rings (SSSR count). The number of fused-ring (bicyclic) bond motifs is 1. The van der Waals surface area contributed by atoms with Crippen LogP contribution in [0.5, 0.6) is 5.75 Å². The van der Waals surface area contributed by atoms with Crippen LogP contribution < -0.4 is 4.74 Å². The van der Waals surface area contributed by atoms with Crippen molar-refractivity contribution in [1.29, 1.82) is 0 Å². The molecule has 1 heterocycles. The lowest BCUT2D eigenvalue weighted by Crippen LogP contribution is -2.07. The smallest absolute Gasteiger partial charge is 0.316 e. The van der Waals surface area contributed by atoms with Crippen LogP contribution in [0.4, 0.5) is 4.39 Å². The van der Waals surface area contributed by atoms with E-state index >= 15 is 0 Å². The largest absolute Gasteiger partial charge is 0.494 e. The minimum Gasteiger partial charge on any atom is -0.494 e. The van der Waals surface area contributed by atoms with Gasteiger partial charge in [0.15, 0.2) is 11.6 Å². The molecule has 0 atom stereocenters. The van der Waals surface area contributed by atoms with Crippen molar-refractivity contribution >= 4 is 28.8 Å². The van der Waals surface area contributed by atoms with Gasteiger partial charge in [0.25, 0.3) is 0 Å². The van der Waals surface area contributed by atoms with Crippen LogP contribution in [0.25, 0.3) is 11.0 Å². The van der Waals surface area contributed by atoms with Crippen molar-refractivity contribution < 1.29 is 18.7 Å². The average Bonchev–Trinajstić information content (AvgIpc) is 2.64. The molecule has 0 saturated heterocycles. The Hall–Kier alpha value is -2.67. The van der Waals surface area contributed by atoms with E-state index in [9.17, 15) is 9.18 Å². The highest BCUT2D eigenvalue weighted by Gasteiger charge is 2.09. The first-order chi connectivity index (χ1) is 12.2. The highest BCUT2D eigenvalue weighted by molar-refractivity contribution is 7.99. The van der Waals surface area contributed by atoms with Gasteiger partial charge in [-0.3, -0.25) is 9.78 Å². The van der Waals surface area contributed by atoms with Crippen molar-refractivity contribution in [2.45, 2.75) is 11.6 Å². The first-order valence-electron chi connectivity index (χ1n) is 7.48. The number of hydrogen-bond acceptors (Lipinski definition) is 6. The molecule has 0 fully saturated rings. The third-order valence-electron chi connectivity index (χ3n) is 3.38. The third kappa shape index (κ3) is 4.45. The summed E-state index contributed by atoms with van der Waals surface area (Å²) in [4.78, 5) is 20.6. The Morgan fingerprint density at radius 3 is 2.76 bits per heavy atom. The van der Waals surface area contributed by atoms with Crippen LogP contribution >= 0.6 is 11.8 Å². The summed E-state index contributed by atoms with van der Waals surface area (Å²) >= 11 is 1.25. The summed E-state index contributed by atoms with van der Waals surface area (Å²) in [5.41, 5.74) is 2.13. The molecular formula is C18H15FN2O3S. The first-order valence-corrected chi connectivity index (χ1v) is 8.47. The van der Waals surface area contributed by atoms with Crippen molar-refractivity contribution in [3.63, 3.8) is 0 Å². The van der Waals surface area contributed by atoms with Crippen LogP contribution in [0.1, 0.15) is 5.56 Å². The summed E-state index contributed by atoms with van der Waals surface area (Å²) in [6, 6.07) is 11.9. The van der Waals surface area contributed by atoms with E-state index in [0.717, 1.165) is 11.0 Å². The summed E-state index contributed by atoms with van der Waals surface area (Å²) in [5, 5.41) is 0.645. The topological polar surface area (TPSA) is 61.3 Å². The van der Waals surface area contributed by atoms with Crippen LogP contribution in [-0.2, 0) is 16.1 Å². The summed E-state index contributed by atoms with van der Waals surface area (Å²) in [6.07, 6.45) is 1.62. The van der Waals surface area contributed by atoms with Crippen LogP contribution in [0.2, 0.25) is 0 Å². The molecule has 0 bridgehead atoms. The van der Waals surface area contributed by atoms with Crippen LogP contribution in [0, 0.1) is 5.82 Å². The number of rotatable bonds is 6. The number of nitrogens with zero attached hydrogens (tertiary/aromatic N) is 2. The van der Waals surface area contributed by atoms with Gasteiger partial charge in [-0.15, -0.1) is 0 Å². The molecule has 0 amide bonds. The normalized spacial score (nSPS) is 10.6. The molecule has 0 N–H and O–H groups in total. The molecule has 25 heavy (non-hydrogen) atoms. The number of carbonyl (C=O) groups excluding carboxylic acids is 1. The lowest BCUT2D eigenvalue weighted by Gasteiger charge is -2.07. The number of para-hydroxylation sites is 2. The van der Waals surface area contributed by atoms with Gasteiger partial charge in [0.1, 0.15) is 11.6 Å². The predicted octanol–water partition coefficient (Wildman–Crippen LogP) is 3.61. The zero-order valence-corrected chi connectivity index (χ0v) is 14.3. The number of hydrogen-bond donors (Lipinski definition) is 0. The van der Waals surface area contributed by atoms with E-state index in [1.165, 1.54) is 31.0 Å². The highest BCUT2D eigenvalue weighted by Crippen LogP contribution is 2.20. The van der Waals surface area contributed by atoms with Gasteiger partial charge >= 0.3 is 5.97 Å². The van der Waals surface area contributed by atoms with E-state index in [1.807, 2.05) is 24.3 Å². The number of esters is 1. The van der Waals surface area contributed by atoms with E-state index in [0.29, 0.717) is 10.6 Å². The summed E-state index contributed by atoms with van der Waals surface area (Å²) in [7, 11) is 1.39. The maximum Gasteiger partial charge on any atom is 0.316 e. The fourth-order valence-corrected chi connectivity index (χ4v) is 2.79. The minimum atomic E-state index is -0.489. The second-order valence-electron chi connectivity index (χ2n) is 5.12. The number of carbonyl (C=O) groups is 1. The molecule has 1 aromatic heterocycles. The summed E-state index contributed by atoms with van der Waals surface area (Å²) in [5.74, 6) is -0.639. The van der Waals surface area contributed by atoms with Gasteiger partial charge in [-0.25, -0.2) is 9.37 Å². The SMILES string of the molecule is COc1ccc(COC(=O)CSc2cnc3ccccc3n2)cc1F. The molecule has 0 aliphatic carbocycles. The van der Waals surface area contributed by atoms with E-state index in [4.69, 9.17) is 9.47 Å². The Labute approximate surface area is 148 Å². The molecule has 2 aromatic carbocycles. The molecule has 0 aliphatic heterocycles. The number of aromatic nitrogens is 2. The maximum absolute atomic E-state index is 13.6. The third-order valence-corrected chi connectivity index (χ3v) is 4.25. The van der Waals surface area contributed by atoms with Gasteiger partial charge in [-0.05, 0) is 29.8 Å². The van der Waals surface area contributed by atoms with Crippen molar-refractivity contribution in [3.8, 4) is 5.75 Å². The van der Waals surface area contributed by atoms with Crippen LogP contribution in [0.15, 0.2) is 53.7 Å². The van der Waals surface area contributed by atoms with E-state index in [2.05, 4.69) is 9.97 Å². The zero-order valence-electron chi connectivity index (χ0n) is 13.4. The van der Waals surface area contributed by atoms with Gasteiger partial charge < -0.3 is 9.47 Å². The van der Waals surface area contributed by atoms with E-state index in [1.54, 1.807) is 12.3 Å². The number of methoxy groups -OCH3 is 1. The van der Waals surface area contributed by atoms with Crippen LogP contribution in [-0.4, -0.2) is 28.8 Å². The summed E-state index contributed by atoms with van der Waals surface area (Å²) in [6.45, 7) is 0.00368. The van der Waals surface area contributed by atoms with Crippen molar-refractivity contribution in [2.24, 2.45) is 0 Å². The van der Waals surface area contributed by atoms with Gasteiger partial charge in [-0.1, -0.05) is 30.0 Å². The highest BCUT2D eigenvalue weighted by atomic mass is 32.2. The molecule has 128 valence electrons. The Bertz CT molecular complexity index is 904. The fraction of sp³-hybridized carbons (Fsp3) is 0.167. The summed E-state index contributed by atoms with van der Waals surface area (Å²) < 4.78 is 23.6. The monoisotopic (exact) mass is 358 g/mol. The van der Waals surface area contributed by atoms with Gasteiger partial charge in [0.05, 0.1) is 30.1 Å². The molecule has 5 nitrogen and oxygen atoms in total. The molecule has 0 spiro atoms. The number of halogens is 1. The molecule has 0 aliphatic rings. The molecular weight excluding hydrogens is 343 g/mol. The van der Waals surface area contributed by atoms with Gasteiger partial charge in [0.2, 0.25) is 0 Å². The minimum absolute atomic E-state index is 0.00368. The van der Waals surface area contributed by atoms with Gasteiger partial charge in [0, 0.05) is 0 Å². The second-order valence-corrected chi connectivity index (χ2v) is 6.11. The molecule has 0 radical (unpaired) electrons. The van der Waals surface area contributed by atoms with E-state index in [-0.39, 0.29) is 18.1 Å². The molecule has 3 aromatic rings. The number of benzene rings is 2. The lowest BCUT2D eigenvalue weighted by atomic mass is 10.2. The van der Waals surface area contributed by atoms with Crippen LogP contribution in [0.3, 0.4) is 0 Å². The first kappa shape index (κ1) is 17.2. The molecule has 7 heteroatoms. The fourth-order valence-electron chi connectivity index (χ4n) is 2.15. The average molecular weight is 358 g/mol. The van der Waals surface area contributed by atoms with Crippen molar-refractivity contribution in [2.75, 3.05) is 12.9 Å². The Kier molecular flexibility index (Phi) is 5.45. The quantitative estimate of drug-likeness (QED) is 0.495. The molecule has 0 unspecified atom stereocenters. The Morgan fingerprint density at radius 1 is 1.20 bits per heavy atom. The number of ether oxygens (including phenoxy) is 2. The van der Waals surface area contributed by atoms with E-state index < -0.39 is 11.8 Å². The Morgan fingerprint density at radius 2 is 2.00 bits per heavy atom. The lowest BCUT2D eigenvalue weighted by molar-refractivity contribution is -0.141. The maximum atomic E-state index is 13.6. The second kappa shape index (κ2) is 7.94. The Balaban J connectivity index is 1.52. The predicted molar refractivity (Wildman–Crippen MR) is 93.0 cm³/mol. The standard InChI is InChI=1S/C18H15FN2O3S/c1-23-16-7-6-12(8-13(16)19)10-24-18(22)11-25-17-9-20-14-4-2-3-5-15(14)21-17/h2-9H,10-11H2,1H3. The molecule has 0 saturated carbocycles.